The zero-order chi connectivity index (χ0) is 8.48. The zero-order valence-corrected chi connectivity index (χ0v) is 9.95. The average Bonchev–Trinajstić information content (AvgIpc) is 1.86. The van der Waals surface area contributed by atoms with Crippen molar-refractivity contribution in [2.45, 2.75) is 13.1 Å². The van der Waals surface area contributed by atoms with Crippen LogP contribution in [0.1, 0.15) is 11.1 Å². The summed E-state index contributed by atoms with van der Waals surface area (Å²) in [6.45, 7) is 1.43. The van der Waals surface area contributed by atoms with Gasteiger partial charge in [0.25, 0.3) is 0 Å². The van der Waals surface area contributed by atoms with Gasteiger partial charge in [0.2, 0.25) is 0 Å². The Bertz CT molecular complexity index is 260. The summed E-state index contributed by atoms with van der Waals surface area (Å²) >= 11 is 0. The Labute approximate surface area is 101 Å². The summed E-state index contributed by atoms with van der Waals surface area (Å²) in [5.74, 6) is 0. The van der Waals surface area contributed by atoms with Crippen LogP contribution in [0.5, 0.6) is 0 Å². The maximum absolute atomic E-state index is 12.0. The smallest absolute Gasteiger partial charge is 1.00 e. The summed E-state index contributed by atoms with van der Waals surface area (Å²) in [7, 11) is 0. The molecule has 0 saturated heterocycles. The molecule has 0 aliphatic heterocycles. The van der Waals surface area contributed by atoms with Gasteiger partial charge in [-0.25, -0.2) is 0 Å². The van der Waals surface area contributed by atoms with Crippen molar-refractivity contribution >= 4 is 23.1 Å². The molecule has 0 aromatic heterocycles. The third-order valence-corrected chi connectivity index (χ3v) is 1.39. The van der Waals surface area contributed by atoms with Crippen LogP contribution in [0.25, 0.3) is 0 Å². The second kappa shape index (κ2) is 5.88. The topological polar surface area (TPSA) is 0 Å². The molecule has 0 N–H and O–H groups in total. The van der Waals surface area contributed by atoms with Gasteiger partial charge in [0, 0.05) is 0 Å². The van der Waals surface area contributed by atoms with Crippen LogP contribution in [0.2, 0.25) is 0 Å². The molecule has 0 unspecified atom stereocenters. The molecule has 1 aromatic rings. The number of alkyl halides is 3. The molecule has 0 heterocycles. The van der Waals surface area contributed by atoms with E-state index in [0.717, 1.165) is 6.07 Å². The van der Waals surface area contributed by atoms with Gasteiger partial charge in [-0.1, -0.05) is 12.5 Å². The molecule has 0 amide bonds. The van der Waals surface area contributed by atoms with Crippen molar-refractivity contribution in [3.63, 3.8) is 0 Å². The minimum Gasteiger partial charge on any atom is -1.00 e. The minimum absolute atomic E-state index is 0. The van der Waals surface area contributed by atoms with Crippen LogP contribution in [-0.4, -0.2) is 23.1 Å². The fourth-order valence-electron chi connectivity index (χ4n) is 0.814. The second-order valence-corrected chi connectivity index (χ2v) is 2.24. The minimum atomic E-state index is -4.25. The molecule has 0 nitrogen and oxygen atoms in total. The normalized spacial score (nSPS) is 9.85. The van der Waals surface area contributed by atoms with Gasteiger partial charge in [0.1, 0.15) is 0 Å². The first kappa shape index (κ1) is 15.7. The summed E-state index contributed by atoms with van der Waals surface area (Å²) in [6.07, 6.45) is -4.25. The Balaban J connectivity index is 0. The van der Waals surface area contributed by atoms with E-state index in [1.807, 2.05) is 0 Å². The van der Waals surface area contributed by atoms with Crippen molar-refractivity contribution in [1.29, 1.82) is 0 Å². The van der Waals surface area contributed by atoms with Crippen molar-refractivity contribution < 1.29 is 30.2 Å². The van der Waals surface area contributed by atoms with Crippen molar-refractivity contribution in [2.24, 2.45) is 0 Å². The van der Waals surface area contributed by atoms with Gasteiger partial charge >= 0.3 is 29.2 Å². The second-order valence-electron chi connectivity index (χ2n) is 2.24. The number of hydrogen-bond donors (Lipinski definition) is 0. The van der Waals surface area contributed by atoms with Crippen LogP contribution in [0.4, 0.5) is 13.2 Å². The molecule has 0 fully saturated rings. The van der Waals surface area contributed by atoms with Gasteiger partial charge in [-0.05, 0) is 0 Å². The summed E-state index contributed by atoms with van der Waals surface area (Å²) in [5, 5.41) is 0. The molecule has 1 aromatic carbocycles. The van der Waals surface area contributed by atoms with Crippen LogP contribution in [0.3, 0.4) is 0 Å². The standard InChI is InChI=1S/C8H6F3.BrH.Mg/c1-6-4-2-3-5-7(6)8(9,10)11;;/h2,4-5H,1H3;1H;/q-1;;+2/p-1. The number of benzene rings is 1. The van der Waals surface area contributed by atoms with E-state index in [-0.39, 0.29) is 45.6 Å². The predicted molar refractivity (Wildman–Crippen MR) is 40.8 cm³/mol. The fourth-order valence-corrected chi connectivity index (χ4v) is 0.814. The first-order valence-corrected chi connectivity index (χ1v) is 3.05. The SMILES string of the molecule is Cc1cc[c-]cc1C(F)(F)F.[Br-].[Mg+2]. The van der Waals surface area contributed by atoms with Gasteiger partial charge in [-0.15, -0.1) is 5.56 Å². The summed E-state index contributed by atoms with van der Waals surface area (Å²) in [4.78, 5) is 0. The van der Waals surface area contributed by atoms with Crippen molar-refractivity contribution in [3.8, 4) is 0 Å². The van der Waals surface area contributed by atoms with Crippen LogP contribution in [0.15, 0.2) is 18.2 Å². The predicted octanol–water partition coefficient (Wildman–Crippen LogP) is -0.563. The molecule has 0 spiro atoms. The number of rotatable bonds is 0. The van der Waals surface area contributed by atoms with Crippen LogP contribution < -0.4 is 17.0 Å². The molecule has 0 aliphatic rings. The van der Waals surface area contributed by atoms with E-state index in [2.05, 4.69) is 6.07 Å². The molecule has 0 atom stereocenters. The molecular formula is C8H6BrF3Mg. The van der Waals surface area contributed by atoms with E-state index in [1.54, 1.807) is 0 Å². The molecule has 0 radical (unpaired) electrons. The Kier molecular flexibility index (Phi) is 7.10. The maximum Gasteiger partial charge on any atom is 2.00 e. The summed E-state index contributed by atoms with van der Waals surface area (Å²) < 4.78 is 36.1. The van der Waals surface area contributed by atoms with Crippen LogP contribution in [0, 0.1) is 13.0 Å². The maximum atomic E-state index is 12.0. The number of aryl methyl sites for hydroxylation is 1. The summed E-state index contributed by atoms with van der Waals surface area (Å²) in [5.41, 5.74) is -0.378. The molecule has 5 heteroatoms. The van der Waals surface area contributed by atoms with E-state index in [1.165, 1.54) is 19.1 Å². The van der Waals surface area contributed by atoms with E-state index >= 15 is 0 Å². The first-order chi connectivity index (χ1) is 5.02. The van der Waals surface area contributed by atoms with Gasteiger partial charge in [0.05, 0.1) is 0 Å². The summed E-state index contributed by atoms with van der Waals surface area (Å²) in [6, 6.07) is 6.20. The fraction of sp³-hybridized carbons (Fsp3) is 0.250. The Morgan fingerprint density at radius 1 is 1.31 bits per heavy atom. The van der Waals surface area contributed by atoms with Crippen LogP contribution >= 0.6 is 0 Å². The Morgan fingerprint density at radius 2 is 1.85 bits per heavy atom. The number of halogens is 4. The first-order valence-electron chi connectivity index (χ1n) is 3.05. The molecule has 1 rings (SSSR count). The quantitative estimate of drug-likeness (QED) is 0.435. The van der Waals surface area contributed by atoms with Gasteiger partial charge in [-0.3, -0.25) is 0 Å². The van der Waals surface area contributed by atoms with Crippen LogP contribution in [-0.2, 0) is 6.18 Å². The number of hydrogen-bond acceptors (Lipinski definition) is 0. The van der Waals surface area contributed by atoms with Crippen molar-refractivity contribution in [1.82, 2.24) is 0 Å². The third-order valence-electron chi connectivity index (χ3n) is 1.39. The van der Waals surface area contributed by atoms with E-state index in [4.69, 9.17) is 0 Å². The molecule has 13 heavy (non-hydrogen) atoms. The van der Waals surface area contributed by atoms with Crippen molar-refractivity contribution in [3.05, 3.63) is 35.4 Å². The molecule has 68 valence electrons. The van der Waals surface area contributed by atoms with E-state index in [9.17, 15) is 13.2 Å². The largest absolute Gasteiger partial charge is 2.00 e. The van der Waals surface area contributed by atoms with Crippen molar-refractivity contribution in [2.75, 3.05) is 0 Å². The van der Waals surface area contributed by atoms with Gasteiger partial charge < -0.3 is 17.0 Å². The Hall–Kier alpha value is 0.256. The molecule has 0 saturated carbocycles. The average molecular weight is 263 g/mol. The zero-order valence-electron chi connectivity index (χ0n) is 6.95. The monoisotopic (exact) mass is 262 g/mol. The molecule has 0 bridgehead atoms. The third kappa shape index (κ3) is 4.33. The van der Waals surface area contributed by atoms with Gasteiger partial charge in [-0.2, -0.15) is 37.4 Å². The van der Waals surface area contributed by atoms with E-state index in [0.29, 0.717) is 0 Å². The Morgan fingerprint density at radius 3 is 2.15 bits per heavy atom. The van der Waals surface area contributed by atoms with E-state index < -0.39 is 11.7 Å². The molecular weight excluding hydrogens is 257 g/mol. The molecule has 0 aliphatic carbocycles. The van der Waals surface area contributed by atoms with Gasteiger partial charge in [0.15, 0.2) is 0 Å².